The van der Waals surface area contributed by atoms with Gasteiger partial charge in [-0.15, -0.1) is 4.68 Å². The normalized spacial score (nSPS) is 13.8. The highest BCUT2D eigenvalue weighted by Gasteiger charge is 2.33. The van der Waals surface area contributed by atoms with Gasteiger partial charge in [-0.3, -0.25) is 0 Å². The number of aromatic nitrogens is 3. The number of rotatable bonds is 3. The van der Waals surface area contributed by atoms with E-state index in [0.29, 0.717) is 11.3 Å². The average Bonchev–Trinajstić information content (AvgIpc) is 2.84. The van der Waals surface area contributed by atoms with E-state index in [0.717, 1.165) is 0 Å². The van der Waals surface area contributed by atoms with Crippen LogP contribution in [-0.4, -0.2) is 16.4 Å². The number of anilines is 1. The lowest BCUT2D eigenvalue weighted by molar-refractivity contribution is -0.762. The van der Waals surface area contributed by atoms with E-state index in [1.165, 1.54) is 6.26 Å². The van der Waals surface area contributed by atoms with Crippen molar-refractivity contribution in [2.45, 2.75) is 25.6 Å². The molecule has 0 saturated heterocycles. The molecule has 98 valence electrons. The van der Waals surface area contributed by atoms with E-state index in [4.69, 9.17) is 5.73 Å². The van der Waals surface area contributed by atoms with Gasteiger partial charge in [-0.1, -0.05) is 5.16 Å². The average molecular weight is 261 g/mol. The predicted octanol–water partition coefficient (Wildman–Crippen LogP) is 1.59. The summed E-state index contributed by atoms with van der Waals surface area (Å²) in [6.45, 7) is 1.72. The zero-order valence-electron chi connectivity index (χ0n) is 9.53. The van der Waals surface area contributed by atoms with Crippen LogP contribution in [0.25, 0.3) is 0 Å². The van der Waals surface area contributed by atoms with E-state index >= 15 is 0 Å². The zero-order valence-corrected chi connectivity index (χ0v) is 9.53. The van der Waals surface area contributed by atoms with Crippen LogP contribution in [0.15, 0.2) is 23.2 Å². The van der Waals surface area contributed by atoms with Gasteiger partial charge in [0.2, 0.25) is 12.2 Å². The summed E-state index contributed by atoms with van der Waals surface area (Å²) in [5.41, 5.74) is 6.29. The summed E-state index contributed by atoms with van der Waals surface area (Å²) in [7, 11) is 0. The second-order valence-corrected chi connectivity index (χ2v) is 3.99. The van der Waals surface area contributed by atoms with Gasteiger partial charge in [0.15, 0.2) is 0 Å². The smallest absolute Gasteiger partial charge is 0.392 e. The molecule has 0 aromatic carbocycles. The van der Waals surface area contributed by atoms with Crippen molar-refractivity contribution in [3.8, 4) is 0 Å². The number of nitrogens with two attached hydrogens (primary N) is 1. The van der Waals surface area contributed by atoms with Gasteiger partial charge in [0.1, 0.15) is 17.6 Å². The fourth-order valence-corrected chi connectivity index (χ4v) is 1.69. The predicted molar refractivity (Wildman–Crippen MR) is 55.5 cm³/mol. The molecule has 2 rings (SSSR count). The lowest BCUT2D eigenvalue weighted by Gasteiger charge is -2.06. The number of halogens is 3. The highest BCUT2D eigenvalue weighted by atomic mass is 19.4. The van der Waals surface area contributed by atoms with Crippen LogP contribution in [0.4, 0.5) is 18.9 Å². The Balaban J connectivity index is 2.26. The van der Waals surface area contributed by atoms with Crippen molar-refractivity contribution in [1.82, 2.24) is 10.3 Å². The van der Waals surface area contributed by atoms with Gasteiger partial charge in [0.05, 0.1) is 18.2 Å². The Morgan fingerprint density at radius 1 is 1.56 bits per heavy atom. The standard InChI is InChI=1S/C10H11F3N4O/c1-6(17-4-7(14)3-15-17)8-5-18-16-9(8)2-10(11,12)13/h3-6H,2,14H2,1H3/p+1. The summed E-state index contributed by atoms with van der Waals surface area (Å²) in [5, 5.41) is 6.23. The van der Waals surface area contributed by atoms with E-state index in [9.17, 15) is 13.2 Å². The lowest BCUT2D eigenvalue weighted by Crippen LogP contribution is -2.40. The summed E-state index contributed by atoms with van der Waals surface area (Å²) >= 11 is 0. The van der Waals surface area contributed by atoms with Gasteiger partial charge in [0.25, 0.3) is 0 Å². The molecule has 1 atom stereocenters. The van der Waals surface area contributed by atoms with Crippen LogP contribution < -0.4 is 10.4 Å². The fraction of sp³-hybridized carbons (Fsp3) is 0.400. The third-order valence-corrected chi connectivity index (χ3v) is 2.58. The molecule has 0 radical (unpaired) electrons. The van der Waals surface area contributed by atoms with Crippen LogP contribution in [0.3, 0.4) is 0 Å². The largest absolute Gasteiger partial charge is 0.394 e. The Labute approximate surface area is 100 Å². The van der Waals surface area contributed by atoms with Crippen molar-refractivity contribution >= 4 is 5.69 Å². The number of hydrogen-bond donors (Lipinski definition) is 2. The monoisotopic (exact) mass is 261 g/mol. The highest BCUT2D eigenvalue weighted by molar-refractivity contribution is 5.27. The molecular formula is C10H12F3N4O+. The number of hydrogen-bond acceptors (Lipinski definition) is 3. The molecule has 2 aromatic heterocycles. The Morgan fingerprint density at radius 2 is 2.28 bits per heavy atom. The van der Waals surface area contributed by atoms with Crippen molar-refractivity contribution in [2.24, 2.45) is 0 Å². The van der Waals surface area contributed by atoms with Crippen molar-refractivity contribution in [1.29, 1.82) is 0 Å². The molecule has 1 unspecified atom stereocenters. The van der Waals surface area contributed by atoms with Gasteiger partial charge in [0, 0.05) is 6.92 Å². The lowest BCUT2D eigenvalue weighted by atomic mass is 10.1. The Bertz CT molecular complexity index is 531. The number of nitrogens with one attached hydrogen (secondary N) is 1. The quantitative estimate of drug-likeness (QED) is 0.824. The first-order valence-corrected chi connectivity index (χ1v) is 5.22. The molecule has 0 fully saturated rings. The number of H-pyrrole nitrogens is 1. The first kappa shape index (κ1) is 12.5. The minimum absolute atomic E-state index is 0.115. The van der Waals surface area contributed by atoms with Gasteiger partial charge < -0.3 is 10.3 Å². The minimum Gasteiger partial charge on any atom is -0.392 e. The van der Waals surface area contributed by atoms with Crippen LogP contribution in [0.5, 0.6) is 0 Å². The topological polar surface area (TPSA) is 71.7 Å². The van der Waals surface area contributed by atoms with E-state index in [-0.39, 0.29) is 11.7 Å². The SMILES string of the molecule is CC(c1conc1CC(F)(F)F)[n+]1cc(N)c[nH]1. The molecule has 18 heavy (non-hydrogen) atoms. The molecule has 0 spiro atoms. The molecule has 0 saturated carbocycles. The first-order valence-electron chi connectivity index (χ1n) is 5.22. The summed E-state index contributed by atoms with van der Waals surface area (Å²) in [5.74, 6) is 0. The third kappa shape index (κ3) is 2.63. The third-order valence-electron chi connectivity index (χ3n) is 2.58. The minimum atomic E-state index is -4.31. The van der Waals surface area contributed by atoms with Crippen molar-refractivity contribution < 1.29 is 22.4 Å². The van der Waals surface area contributed by atoms with Crippen molar-refractivity contribution in [2.75, 3.05) is 5.73 Å². The van der Waals surface area contributed by atoms with Crippen LogP contribution >= 0.6 is 0 Å². The fourth-order valence-electron chi connectivity index (χ4n) is 1.69. The van der Waals surface area contributed by atoms with Crippen molar-refractivity contribution in [3.05, 3.63) is 29.9 Å². The maximum absolute atomic E-state index is 12.4. The van der Waals surface area contributed by atoms with Crippen LogP contribution in [-0.2, 0) is 6.42 Å². The molecule has 3 N–H and O–H groups in total. The Hall–Kier alpha value is -1.99. The molecule has 2 heterocycles. The number of alkyl halides is 3. The number of nitrogens with zero attached hydrogens (tertiary/aromatic N) is 2. The van der Waals surface area contributed by atoms with E-state index in [1.807, 2.05) is 0 Å². The van der Waals surface area contributed by atoms with E-state index in [1.54, 1.807) is 24.0 Å². The molecule has 0 amide bonds. The van der Waals surface area contributed by atoms with Crippen LogP contribution in [0.1, 0.15) is 24.2 Å². The molecule has 5 nitrogen and oxygen atoms in total. The molecule has 0 aliphatic rings. The molecule has 0 aliphatic carbocycles. The van der Waals surface area contributed by atoms with Gasteiger partial charge >= 0.3 is 6.18 Å². The second kappa shape index (κ2) is 4.35. The molecule has 8 heteroatoms. The Kier molecular flexibility index (Phi) is 3.02. The maximum atomic E-state index is 12.4. The van der Waals surface area contributed by atoms with E-state index < -0.39 is 12.6 Å². The number of aromatic amines is 1. The van der Waals surface area contributed by atoms with Gasteiger partial charge in [-0.2, -0.15) is 18.3 Å². The van der Waals surface area contributed by atoms with Crippen molar-refractivity contribution in [3.63, 3.8) is 0 Å². The van der Waals surface area contributed by atoms with E-state index in [2.05, 4.69) is 14.8 Å². The molecule has 0 bridgehead atoms. The highest BCUT2D eigenvalue weighted by Crippen LogP contribution is 2.25. The maximum Gasteiger partial charge on any atom is 0.394 e. The summed E-state index contributed by atoms with van der Waals surface area (Å²) in [6.07, 6.45) is -1.07. The first-order chi connectivity index (χ1) is 8.37. The van der Waals surface area contributed by atoms with Gasteiger partial charge in [-0.25, -0.2) is 0 Å². The molecule has 0 aliphatic heterocycles. The zero-order chi connectivity index (χ0) is 13.3. The summed E-state index contributed by atoms with van der Waals surface area (Å²) in [4.78, 5) is 0. The molecule has 2 aromatic rings. The van der Waals surface area contributed by atoms with Crippen LogP contribution in [0.2, 0.25) is 0 Å². The number of nitrogen functional groups attached to an aromatic ring is 1. The molecular weight excluding hydrogens is 249 g/mol. The second-order valence-electron chi connectivity index (χ2n) is 3.99. The summed E-state index contributed by atoms with van der Waals surface area (Å²) in [6, 6.07) is -0.370. The Morgan fingerprint density at radius 3 is 2.83 bits per heavy atom. The van der Waals surface area contributed by atoms with Crippen LogP contribution in [0, 0.1) is 0 Å². The van der Waals surface area contributed by atoms with Gasteiger partial charge in [-0.05, 0) is 0 Å². The summed E-state index contributed by atoms with van der Waals surface area (Å²) < 4.78 is 43.3.